The Kier molecular flexibility index (Phi) is 6.25. The lowest BCUT2D eigenvalue weighted by Gasteiger charge is -2.19. The summed E-state index contributed by atoms with van der Waals surface area (Å²) in [4.78, 5) is 14.6. The van der Waals surface area contributed by atoms with E-state index >= 15 is 0 Å². The van der Waals surface area contributed by atoms with Crippen molar-refractivity contribution in [3.8, 4) is 17.2 Å². The van der Waals surface area contributed by atoms with Gasteiger partial charge in [-0.05, 0) is 25.2 Å². The van der Waals surface area contributed by atoms with Crippen LogP contribution >= 0.6 is 0 Å². The number of likely N-dealkylation sites (N-methyl/N-ethyl adjacent to an activating group) is 1. The van der Waals surface area contributed by atoms with Gasteiger partial charge in [0.05, 0.1) is 26.0 Å². The molecule has 1 saturated heterocycles. The molecule has 1 unspecified atom stereocenters. The largest absolute Gasteiger partial charge is 0.495 e. The zero-order chi connectivity index (χ0) is 19.2. The zero-order valence-electron chi connectivity index (χ0n) is 15.8. The van der Waals surface area contributed by atoms with Crippen molar-refractivity contribution in [1.29, 1.82) is 0 Å². The summed E-state index contributed by atoms with van der Waals surface area (Å²) in [5.41, 5.74) is 1.23. The van der Waals surface area contributed by atoms with Gasteiger partial charge in [0, 0.05) is 38.0 Å². The normalized spacial score (nSPS) is 18.0. The second-order valence-corrected chi connectivity index (χ2v) is 6.58. The van der Waals surface area contributed by atoms with Gasteiger partial charge in [0.25, 0.3) is 0 Å². The van der Waals surface area contributed by atoms with E-state index in [2.05, 4.69) is 32.8 Å². The summed E-state index contributed by atoms with van der Waals surface area (Å²) in [6.07, 6.45) is 0. The third kappa shape index (κ3) is 5.18. The van der Waals surface area contributed by atoms with Crippen LogP contribution in [0.25, 0.3) is 11.5 Å². The number of benzene rings is 1. The molecule has 3 rings (SSSR count). The minimum absolute atomic E-state index is 0.248. The van der Waals surface area contributed by atoms with Crippen molar-refractivity contribution < 1.29 is 18.7 Å². The van der Waals surface area contributed by atoms with Crippen LogP contribution in [0.4, 0.5) is 10.5 Å². The predicted octanol–water partition coefficient (Wildman–Crippen LogP) is 1.75. The second-order valence-electron chi connectivity index (χ2n) is 6.58. The van der Waals surface area contributed by atoms with Gasteiger partial charge in [0.15, 0.2) is 0 Å². The molecule has 0 bridgehead atoms. The SMILES string of the molecule is COc1ccc(-c2nnc(C)o2)cc1NC(=O)NCC1COCCN(C)C1. The van der Waals surface area contributed by atoms with Gasteiger partial charge in [-0.25, -0.2) is 4.79 Å². The van der Waals surface area contributed by atoms with Crippen LogP contribution in [0.1, 0.15) is 5.89 Å². The second kappa shape index (κ2) is 8.83. The predicted molar refractivity (Wildman–Crippen MR) is 99.9 cm³/mol. The lowest BCUT2D eigenvalue weighted by atomic mass is 10.1. The third-order valence-corrected chi connectivity index (χ3v) is 4.31. The lowest BCUT2D eigenvalue weighted by molar-refractivity contribution is 0.122. The summed E-state index contributed by atoms with van der Waals surface area (Å²) in [7, 11) is 3.60. The molecule has 2 heterocycles. The molecule has 27 heavy (non-hydrogen) atoms. The molecule has 2 amide bonds. The van der Waals surface area contributed by atoms with Gasteiger partial charge in [0.1, 0.15) is 5.75 Å². The first-order valence-corrected chi connectivity index (χ1v) is 8.85. The zero-order valence-corrected chi connectivity index (χ0v) is 15.8. The van der Waals surface area contributed by atoms with Crippen LogP contribution in [-0.4, -0.2) is 68.1 Å². The van der Waals surface area contributed by atoms with Gasteiger partial charge in [0.2, 0.25) is 11.8 Å². The van der Waals surface area contributed by atoms with Gasteiger partial charge < -0.3 is 29.4 Å². The number of nitrogens with zero attached hydrogens (tertiary/aromatic N) is 3. The fourth-order valence-corrected chi connectivity index (χ4v) is 2.93. The minimum Gasteiger partial charge on any atom is -0.495 e. The molecule has 1 atom stereocenters. The van der Waals surface area contributed by atoms with Crippen molar-refractivity contribution in [2.75, 3.05) is 52.3 Å². The van der Waals surface area contributed by atoms with Gasteiger partial charge in [-0.1, -0.05) is 0 Å². The summed E-state index contributed by atoms with van der Waals surface area (Å²) in [5.74, 6) is 1.65. The number of aryl methyl sites for hydroxylation is 1. The van der Waals surface area contributed by atoms with Crippen LogP contribution in [0, 0.1) is 12.8 Å². The number of carbonyl (C=O) groups excluding carboxylic acids is 1. The van der Waals surface area contributed by atoms with E-state index in [-0.39, 0.29) is 11.9 Å². The van der Waals surface area contributed by atoms with E-state index in [1.807, 2.05) is 0 Å². The molecular formula is C18H25N5O4. The topological polar surface area (TPSA) is 102 Å². The van der Waals surface area contributed by atoms with Gasteiger partial charge in [-0.15, -0.1) is 10.2 Å². The molecule has 1 fully saturated rings. The molecular weight excluding hydrogens is 350 g/mol. The van der Waals surface area contributed by atoms with Gasteiger partial charge in [-0.3, -0.25) is 0 Å². The molecule has 9 heteroatoms. The number of amides is 2. The number of nitrogens with one attached hydrogen (secondary N) is 2. The van der Waals surface area contributed by atoms with Crippen LogP contribution in [0.5, 0.6) is 5.75 Å². The van der Waals surface area contributed by atoms with E-state index in [9.17, 15) is 4.79 Å². The average molecular weight is 375 g/mol. The Balaban J connectivity index is 1.63. The molecule has 1 aliphatic rings. The fourth-order valence-electron chi connectivity index (χ4n) is 2.93. The van der Waals surface area contributed by atoms with Crippen molar-refractivity contribution in [1.82, 2.24) is 20.4 Å². The van der Waals surface area contributed by atoms with E-state index in [1.54, 1.807) is 32.2 Å². The van der Waals surface area contributed by atoms with Crippen molar-refractivity contribution in [3.63, 3.8) is 0 Å². The van der Waals surface area contributed by atoms with E-state index < -0.39 is 0 Å². The monoisotopic (exact) mass is 375 g/mol. The number of hydrogen-bond donors (Lipinski definition) is 2. The van der Waals surface area contributed by atoms with Crippen molar-refractivity contribution in [2.24, 2.45) is 5.92 Å². The third-order valence-electron chi connectivity index (χ3n) is 4.31. The molecule has 9 nitrogen and oxygen atoms in total. The maximum Gasteiger partial charge on any atom is 0.319 e. The molecule has 0 radical (unpaired) electrons. The summed E-state index contributed by atoms with van der Waals surface area (Å²) < 4.78 is 16.3. The van der Waals surface area contributed by atoms with Crippen LogP contribution in [0.2, 0.25) is 0 Å². The summed E-state index contributed by atoms with van der Waals surface area (Å²) in [5, 5.41) is 13.6. The van der Waals surface area contributed by atoms with Gasteiger partial charge in [-0.2, -0.15) is 0 Å². The van der Waals surface area contributed by atoms with Crippen molar-refractivity contribution in [2.45, 2.75) is 6.92 Å². The maximum atomic E-state index is 12.4. The first-order valence-electron chi connectivity index (χ1n) is 8.85. The molecule has 146 valence electrons. The molecule has 0 aliphatic carbocycles. The number of aromatic nitrogens is 2. The Hall–Kier alpha value is -2.65. The summed E-state index contributed by atoms with van der Waals surface area (Å²) in [6.45, 7) is 5.40. The van der Waals surface area contributed by atoms with E-state index in [4.69, 9.17) is 13.9 Å². The standard InChI is InChI=1S/C18H25N5O4/c1-12-21-22-17(27-12)14-4-5-16(25-3)15(8-14)20-18(24)19-9-13-10-23(2)6-7-26-11-13/h4-5,8,13H,6-7,9-11H2,1-3H3,(H2,19,20,24). The van der Waals surface area contributed by atoms with Crippen molar-refractivity contribution in [3.05, 3.63) is 24.1 Å². The molecule has 0 saturated carbocycles. The lowest BCUT2D eigenvalue weighted by Crippen LogP contribution is -2.37. The summed E-state index contributed by atoms with van der Waals surface area (Å²) in [6, 6.07) is 4.99. The highest BCUT2D eigenvalue weighted by Gasteiger charge is 2.18. The van der Waals surface area contributed by atoms with Crippen LogP contribution in [0.3, 0.4) is 0 Å². The maximum absolute atomic E-state index is 12.4. The average Bonchev–Trinajstić information content (AvgIpc) is 2.98. The number of methoxy groups -OCH3 is 1. The first-order chi connectivity index (χ1) is 13.0. The van der Waals surface area contributed by atoms with Crippen LogP contribution in [-0.2, 0) is 4.74 Å². The summed E-state index contributed by atoms with van der Waals surface area (Å²) >= 11 is 0. The van der Waals surface area contributed by atoms with Gasteiger partial charge >= 0.3 is 6.03 Å². The van der Waals surface area contributed by atoms with Crippen LogP contribution < -0.4 is 15.4 Å². The molecule has 1 aromatic heterocycles. The molecule has 1 aliphatic heterocycles. The fraction of sp³-hybridized carbons (Fsp3) is 0.500. The number of anilines is 1. The van der Waals surface area contributed by atoms with Crippen LogP contribution in [0.15, 0.2) is 22.6 Å². The Labute approximate surface area is 158 Å². The number of carbonyl (C=O) groups is 1. The smallest absolute Gasteiger partial charge is 0.319 e. The molecule has 0 spiro atoms. The minimum atomic E-state index is -0.306. The molecule has 1 aromatic carbocycles. The first kappa shape index (κ1) is 19.1. The highest BCUT2D eigenvalue weighted by molar-refractivity contribution is 5.91. The number of hydrogen-bond acceptors (Lipinski definition) is 7. The van der Waals surface area contributed by atoms with Crippen molar-refractivity contribution >= 4 is 11.7 Å². The number of ether oxygens (including phenoxy) is 2. The van der Waals surface area contributed by atoms with E-state index in [0.29, 0.717) is 41.9 Å². The Morgan fingerprint density at radius 2 is 2.26 bits per heavy atom. The Bertz CT molecular complexity index is 779. The van der Waals surface area contributed by atoms with E-state index in [0.717, 1.165) is 19.7 Å². The quantitative estimate of drug-likeness (QED) is 0.821. The molecule has 2 aromatic rings. The Morgan fingerprint density at radius 3 is 3.00 bits per heavy atom. The highest BCUT2D eigenvalue weighted by Crippen LogP contribution is 2.30. The Morgan fingerprint density at radius 1 is 1.41 bits per heavy atom. The molecule has 2 N–H and O–H groups in total. The van der Waals surface area contributed by atoms with E-state index in [1.165, 1.54) is 0 Å². The highest BCUT2D eigenvalue weighted by atomic mass is 16.5. The number of rotatable bonds is 5. The number of urea groups is 1.